The molecule has 0 saturated carbocycles. The monoisotopic (exact) mass is 155 g/mol. The summed E-state index contributed by atoms with van der Waals surface area (Å²) in [5.41, 5.74) is 5.58. The maximum atomic E-state index is 5.58. The van der Waals surface area contributed by atoms with Gasteiger partial charge in [-0.15, -0.1) is 0 Å². The largest absolute Gasteiger partial charge is 0.328 e. The lowest BCUT2D eigenvalue weighted by Crippen LogP contribution is -2.12. The molecule has 0 rings (SSSR count). The first-order chi connectivity index (χ1) is 5.27. The van der Waals surface area contributed by atoms with E-state index in [4.69, 9.17) is 5.73 Å². The molecule has 66 valence electrons. The Bertz CT molecular complexity index is 95.0. The van der Waals surface area contributed by atoms with Crippen LogP contribution in [0, 0.1) is 0 Å². The van der Waals surface area contributed by atoms with Crippen molar-refractivity contribution in [1.29, 1.82) is 0 Å². The molecule has 2 N–H and O–H groups in total. The number of hydrogen-bond donors (Lipinski definition) is 1. The predicted molar refractivity (Wildman–Crippen MR) is 51.5 cm³/mol. The fourth-order valence-electron chi connectivity index (χ4n) is 0.941. The number of nitrogens with two attached hydrogens (primary N) is 1. The van der Waals surface area contributed by atoms with Gasteiger partial charge >= 0.3 is 0 Å². The predicted octanol–water partition coefficient (Wildman–Crippen LogP) is 2.86. The van der Waals surface area contributed by atoms with Crippen LogP contribution >= 0.6 is 0 Å². The minimum atomic E-state index is 0.317. The van der Waals surface area contributed by atoms with Crippen molar-refractivity contribution in [3.05, 3.63) is 12.2 Å². The summed E-state index contributed by atoms with van der Waals surface area (Å²) in [6.45, 7) is 4.27. The Kier molecular flexibility index (Phi) is 7.59. The van der Waals surface area contributed by atoms with Gasteiger partial charge in [0.2, 0.25) is 0 Å². The van der Waals surface area contributed by atoms with Crippen LogP contribution in [0.5, 0.6) is 0 Å². The molecule has 0 heterocycles. The van der Waals surface area contributed by atoms with Crippen LogP contribution in [-0.2, 0) is 0 Å². The van der Waals surface area contributed by atoms with Crippen LogP contribution in [0.25, 0.3) is 0 Å². The van der Waals surface area contributed by atoms with Gasteiger partial charge in [-0.1, -0.05) is 31.9 Å². The highest BCUT2D eigenvalue weighted by Crippen LogP contribution is 2.00. The van der Waals surface area contributed by atoms with Gasteiger partial charge in [0.1, 0.15) is 0 Å². The van der Waals surface area contributed by atoms with Gasteiger partial charge in [0.05, 0.1) is 0 Å². The summed E-state index contributed by atoms with van der Waals surface area (Å²) in [5.74, 6) is 0. The second-order valence-electron chi connectivity index (χ2n) is 3.18. The quantitative estimate of drug-likeness (QED) is 0.463. The average Bonchev–Trinajstić information content (AvgIpc) is 1.96. The first kappa shape index (κ1) is 10.7. The molecule has 0 aromatic rings. The van der Waals surface area contributed by atoms with Crippen molar-refractivity contribution < 1.29 is 0 Å². The van der Waals surface area contributed by atoms with Gasteiger partial charge in [0.25, 0.3) is 0 Å². The molecule has 0 aliphatic carbocycles. The summed E-state index contributed by atoms with van der Waals surface area (Å²) in [5, 5.41) is 0. The maximum absolute atomic E-state index is 5.58. The molecular formula is C10H21N. The Balaban J connectivity index is 3.03. The van der Waals surface area contributed by atoms with E-state index in [-0.39, 0.29) is 0 Å². The molecule has 0 spiro atoms. The molecule has 0 saturated heterocycles. The molecule has 11 heavy (non-hydrogen) atoms. The van der Waals surface area contributed by atoms with E-state index in [2.05, 4.69) is 19.1 Å². The summed E-state index contributed by atoms with van der Waals surface area (Å²) in [4.78, 5) is 0. The molecule has 0 bridgehead atoms. The van der Waals surface area contributed by atoms with Crippen LogP contribution in [0.1, 0.15) is 46.0 Å². The third kappa shape index (κ3) is 9.70. The van der Waals surface area contributed by atoms with Gasteiger partial charge in [-0.05, 0) is 26.2 Å². The first-order valence-electron chi connectivity index (χ1n) is 4.68. The van der Waals surface area contributed by atoms with E-state index in [9.17, 15) is 0 Å². The van der Waals surface area contributed by atoms with Crippen LogP contribution < -0.4 is 5.73 Å². The fraction of sp³-hybridized carbons (Fsp3) is 0.800. The lowest BCUT2D eigenvalue weighted by molar-refractivity contribution is 0.721. The smallest absolute Gasteiger partial charge is 0.00449 e. The molecule has 0 aromatic carbocycles. The van der Waals surface area contributed by atoms with E-state index in [1.165, 1.54) is 25.7 Å². The second kappa shape index (κ2) is 7.80. The van der Waals surface area contributed by atoms with E-state index in [1.54, 1.807) is 0 Å². The van der Waals surface area contributed by atoms with Gasteiger partial charge in [-0.3, -0.25) is 0 Å². The zero-order valence-corrected chi connectivity index (χ0v) is 7.84. The van der Waals surface area contributed by atoms with Crippen molar-refractivity contribution >= 4 is 0 Å². The summed E-state index contributed by atoms with van der Waals surface area (Å²) >= 11 is 0. The molecule has 0 amide bonds. The van der Waals surface area contributed by atoms with Gasteiger partial charge < -0.3 is 5.73 Å². The zero-order chi connectivity index (χ0) is 8.53. The highest BCUT2D eigenvalue weighted by molar-refractivity contribution is 4.83. The Morgan fingerprint density at radius 3 is 2.55 bits per heavy atom. The number of rotatable bonds is 6. The van der Waals surface area contributed by atoms with Crippen molar-refractivity contribution in [2.24, 2.45) is 5.73 Å². The van der Waals surface area contributed by atoms with Crippen molar-refractivity contribution in [2.45, 2.75) is 52.0 Å². The maximum Gasteiger partial charge on any atom is 0.00449 e. The Hall–Kier alpha value is -0.300. The van der Waals surface area contributed by atoms with Crippen molar-refractivity contribution in [3.8, 4) is 0 Å². The van der Waals surface area contributed by atoms with Crippen molar-refractivity contribution in [1.82, 2.24) is 0 Å². The fourth-order valence-corrected chi connectivity index (χ4v) is 0.941. The van der Waals surface area contributed by atoms with Gasteiger partial charge in [-0.2, -0.15) is 0 Å². The molecule has 1 atom stereocenters. The summed E-state index contributed by atoms with van der Waals surface area (Å²) in [6, 6.07) is 0.317. The van der Waals surface area contributed by atoms with E-state index < -0.39 is 0 Å². The van der Waals surface area contributed by atoms with Crippen molar-refractivity contribution in [2.75, 3.05) is 0 Å². The molecule has 0 aromatic heterocycles. The third-order valence-electron chi connectivity index (χ3n) is 1.65. The van der Waals surface area contributed by atoms with Crippen LogP contribution in [0.15, 0.2) is 12.2 Å². The van der Waals surface area contributed by atoms with Crippen LogP contribution in [0.3, 0.4) is 0 Å². The number of hydrogen-bond acceptors (Lipinski definition) is 1. The second-order valence-corrected chi connectivity index (χ2v) is 3.18. The Morgan fingerprint density at radius 1 is 1.27 bits per heavy atom. The number of allylic oxidation sites excluding steroid dienone is 1. The third-order valence-corrected chi connectivity index (χ3v) is 1.65. The molecule has 0 aliphatic heterocycles. The SMILES string of the molecule is CCCCCC=CCC(C)N. The van der Waals surface area contributed by atoms with Crippen LogP contribution in [-0.4, -0.2) is 6.04 Å². The molecule has 1 unspecified atom stereocenters. The lowest BCUT2D eigenvalue weighted by atomic mass is 10.1. The van der Waals surface area contributed by atoms with E-state index >= 15 is 0 Å². The van der Waals surface area contributed by atoms with Gasteiger partial charge in [-0.25, -0.2) is 0 Å². The molecule has 1 nitrogen and oxygen atoms in total. The summed E-state index contributed by atoms with van der Waals surface area (Å²) in [7, 11) is 0. The van der Waals surface area contributed by atoms with Crippen molar-refractivity contribution in [3.63, 3.8) is 0 Å². The normalized spacial score (nSPS) is 14.1. The van der Waals surface area contributed by atoms with E-state index in [0.717, 1.165) is 6.42 Å². The molecule has 1 heteroatoms. The highest BCUT2D eigenvalue weighted by Gasteiger charge is 1.86. The van der Waals surface area contributed by atoms with Crippen LogP contribution in [0.2, 0.25) is 0 Å². The first-order valence-corrected chi connectivity index (χ1v) is 4.68. The van der Waals surface area contributed by atoms with Crippen LogP contribution in [0.4, 0.5) is 0 Å². The minimum Gasteiger partial charge on any atom is -0.328 e. The Morgan fingerprint density at radius 2 is 2.00 bits per heavy atom. The molecule has 0 fully saturated rings. The topological polar surface area (TPSA) is 26.0 Å². The molecule has 0 radical (unpaired) electrons. The summed E-state index contributed by atoms with van der Waals surface area (Å²) < 4.78 is 0. The highest BCUT2D eigenvalue weighted by atomic mass is 14.6. The zero-order valence-electron chi connectivity index (χ0n) is 7.84. The minimum absolute atomic E-state index is 0.317. The Labute approximate surface area is 70.7 Å². The molecule has 0 aliphatic rings. The standard InChI is InChI=1S/C10H21N/c1-3-4-5-6-7-8-9-10(2)11/h7-8,10H,3-6,9,11H2,1-2H3. The van der Waals surface area contributed by atoms with E-state index in [0.29, 0.717) is 6.04 Å². The van der Waals surface area contributed by atoms with E-state index in [1.807, 2.05) is 6.92 Å². The molecular weight excluding hydrogens is 134 g/mol. The summed E-state index contributed by atoms with van der Waals surface area (Å²) in [6.07, 6.45) is 10.7. The average molecular weight is 155 g/mol. The number of unbranched alkanes of at least 4 members (excludes halogenated alkanes) is 3. The van der Waals surface area contributed by atoms with Gasteiger partial charge in [0.15, 0.2) is 0 Å². The van der Waals surface area contributed by atoms with Gasteiger partial charge in [0, 0.05) is 6.04 Å². The lowest BCUT2D eigenvalue weighted by Gasteiger charge is -1.97.